The maximum absolute atomic E-state index is 8.92. The molecule has 96 valence electrons. The zero-order valence-electron chi connectivity index (χ0n) is 10.6. The topological polar surface area (TPSA) is 50.1 Å². The second-order valence-electron chi connectivity index (χ2n) is 5.14. The van der Waals surface area contributed by atoms with Crippen molar-refractivity contribution in [2.24, 2.45) is 5.92 Å². The number of hydrogen-bond acceptors (Lipinski definition) is 3. The molecule has 1 heterocycles. The summed E-state index contributed by atoms with van der Waals surface area (Å²) >= 11 is 0. The van der Waals surface area contributed by atoms with Gasteiger partial charge in [-0.15, -0.1) is 0 Å². The Balaban J connectivity index is 1.77. The van der Waals surface area contributed by atoms with Crippen molar-refractivity contribution in [1.82, 2.24) is 15.1 Å². The molecule has 4 nitrogen and oxygen atoms in total. The summed E-state index contributed by atoms with van der Waals surface area (Å²) in [5, 5.41) is 16.8. The third-order valence-electron chi connectivity index (χ3n) is 3.47. The van der Waals surface area contributed by atoms with E-state index in [0.29, 0.717) is 12.0 Å². The summed E-state index contributed by atoms with van der Waals surface area (Å²) in [6, 6.07) is 2.72. The summed E-state index contributed by atoms with van der Waals surface area (Å²) < 4.78 is 2.12. The van der Waals surface area contributed by atoms with E-state index >= 15 is 0 Å². The maximum Gasteiger partial charge on any atom is 0.0762 e. The molecule has 1 aromatic rings. The number of aliphatic hydroxyl groups excluding tert-OH is 1. The molecule has 1 fully saturated rings. The summed E-state index contributed by atoms with van der Waals surface area (Å²) in [5.74, 6) is 0.312. The lowest BCUT2D eigenvalue weighted by Gasteiger charge is -2.10. The molecule has 2 rings (SSSR count). The highest BCUT2D eigenvalue weighted by Gasteiger charge is 2.17. The Labute approximate surface area is 103 Å². The molecule has 0 aromatic carbocycles. The lowest BCUT2D eigenvalue weighted by Crippen LogP contribution is -2.23. The third-order valence-corrected chi connectivity index (χ3v) is 3.47. The van der Waals surface area contributed by atoms with Gasteiger partial charge in [-0.2, -0.15) is 5.10 Å². The first-order valence-corrected chi connectivity index (χ1v) is 6.65. The Morgan fingerprint density at radius 2 is 2.29 bits per heavy atom. The van der Waals surface area contributed by atoms with Crippen molar-refractivity contribution in [1.29, 1.82) is 0 Å². The Hall–Kier alpha value is -0.870. The lowest BCUT2D eigenvalue weighted by atomic mass is 10.2. The zero-order chi connectivity index (χ0) is 12.1. The minimum absolute atomic E-state index is 0.240. The number of aromatic nitrogens is 2. The SMILES string of the molecule is CC(CO)CNCc1ccn(C2CCCC2)n1. The largest absolute Gasteiger partial charge is 0.396 e. The van der Waals surface area contributed by atoms with Crippen LogP contribution in [0.1, 0.15) is 44.3 Å². The number of hydrogen-bond donors (Lipinski definition) is 2. The first-order valence-electron chi connectivity index (χ1n) is 6.65. The van der Waals surface area contributed by atoms with Crippen molar-refractivity contribution >= 4 is 0 Å². The normalized spacial score (nSPS) is 18.7. The summed E-state index contributed by atoms with van der Waals surface area (Å²) in [5.41, 5.74) is 1.10. The fourth-order valence-electron chi connectivity index (χ4n) is 2.36. The summed E-state index contributed by atoms with van der Waals surface area (Å²) in [4.78, 5) is 0. The Morgan fingerprint density at radius 3 is 3.00 bits per heavy atom. The van der Waals surface area contributed by atoms with Gasteiger partial charge < -0.3 is 10.4 Å². The van der Waals surface area contributed by atoms with Crippen molar-refractivity contribution in [3.63, 3.8) is 0 Å². The quantitative estimate of drug-likeness (QED) is 0.792. The highest BCUT2D eigenvalue weighted by molar-refractivity contribution is 4.99. The van der Waals surface area contributed by atoms with Gasteiger partial charge in [0.1, 0.15) is 0 Å². The van der Waals surface area contributed by atoms with Crippen LogP contribution in [0.4, 0.5) is 0 Å². The van der Waals surface area contributed by atoms with Gasteiger partial charge >= 0.3 is 0 Å². The average molecular weight is 237 g/mol. The van der Waals surface area contributed by atoms with Gasteiger partial charge in [0.15, 0.2) is 0 Å². The van der Waals surface area contributed by atoms with Crippen molar-refractivity contribution in [2.75, 3.05) is 13.2 Å². The van der Waals surface area contributed by atoms with Crippen LogP contribution in [0.5, 0.6) is 0 Å². The maximum atomic E-state index is 8.92. The van der Waals surface area contributed by atoms with Crippen LogP contribution in [-0.2, 0) is 6.54 Å². The molecule has 2 N–H and O–H groups in total. The molecule has 0 amide bonds. The highest BCUT2D eigenvalue weighted by Crippen LogP contribution is 2.28. The Kier molecular flexibility index (Phi) is 4.57. The monoisotopic (exact) mass is 237 g/mol. The van der Waals surface area contributed by atoms with E-state index in [-0.39, 0.29) is 6.61 Å². The van der Waals surface area contributed by atoms with Crippen molar-refractivity contribution in [2.45, 2.75) is 45.2 Å². The molecule has 17 heavy (non-hydrogen) atoms. The molecule has 1 aliphatic rings. The molecule has 1 atom stereocenters. The molecule has 1 aromatic heterocycles. The van der Waals surface area contributed by atoms with E-state index in [9.17, 15) is 0 Å². The van der Waals surface area contributed by atoms with Crippen molar-refractivity contribution < 1.29 is 5.11 Å². The van der Waals surface area contributed by atoms with E-state index in [2.05, 4.69) is 27.4 Å². The van der Waals surface area contributed by atoms with Crippen LogP contribution in [0, 0.1) is 5.92 Å². The van der Waals surface area contributed by atoms with Crippen LogP contribution in [-0.4, -0.2) is 28.0 Å². The van der Waals surface area contributed by atoms with Gasteiger partial charge in [0, 0.05) is 25.9 Å². The average Bonchev–Trinajstić information content (AvgIpc) is 2.98. The highest BCUT2D eigenvalue weighted by atomic mass is 16.3. The van der Waals surface area contributed by atoms with Crippen LogP contribution in [0.25, 0.3) is 0 Å². The molecule has 0 bridgehead atoms. The summed E-state index contributed by atoms with van der Waals surface area (Å²) in [6.45, 7) is 3.91. The van der Waals surface area contributed by atoms with Gasteiger partial charge in [0.25, 0.3) is 0 Å². The molecule has 1 aliphatic carbocycles. The second kappa shape index (κ2) is 6.17. The van der Waals surface area contributed by atoms with Gasteiger partial charge in [-0.05, 0) is 24.8 Å². The van der Waals surface area contributed by atoms with E-state index in [4.69, 9.17) is 5.11 Å². The molecule has 1 saturated carbocycles. The van der Waals surface area contributed by atoms with Crippen molar-refractivity contribution in [3.8, 4) is 0 Å². The first-order chi connectivity index (χ1) is 8.29. The molecule has 0 spiro atoms. The Morgan fingerprint density at radius 1 is 1.53 bits per heavy atom. The zero-order valence-corrected chi connectivity index (χ0v) is 10.6. The van der Waals surface area contributed by atoms with Crippen LogP contribution in [0.3, 0.4) is 0 Å². The number of aliphatic hydroxyl groups is 1. The third kappa shape index (κ3) is 3.54. The second-order valence-corrected chi connectivity index (χ2v) is 5.14. The van der Waals surface area contributed by atoms with Gasteiger partial charge in [-0.1, -0.05) is 19.8 Å². The van der Waals surface area contributed by atoms with Crippen LogP contribution in [0.2, 0.25) is 0 Å². The predicted molar refractivity (Wildman–Crippen MR) is 67.7 cm³/mol. The summed E-state index contributed by atoms with van der Waals surface area (Å²) in [7, 11) is 0. The molecular weight excluding hydrogens is 214 g/mol. The van der Waals surface area contributed by atoms with Crippen LogP contribution in [0.15, 0.2) is 12.3 Å². The van der Waals surface area contributed by atoms with Crippen LogP contribution >= 0.6 is 0 Å². The molecule has 0 saturated heterocycles. The standard InChI is InChI=1S/C13H23N3O/c1-11(10-17)8-14-9-12-6-7-16(15-12)13-4-2-3-5-13/h6-7,11,13-14,17H,2-5,8-10H2,1H3. The fraction of sp³-hybridized carbons (Fsp3) is 0.769. The van der Waals surface area contributed by atoms with Gasteiger partial charge in [0.05, 0.1) is 11.7 Å². The fourth-order valence-corrected chi connectivity index (χ4v) is 2.36. The smallest absolute Gasteiger partial charge is 0.0762 e. The van der Waals surface area contributed by atoms with Crippen molar-refractivity contribution in [3.05, 3.63) is 18.0 Å². The number of nitrogens with one attached hydrogen (secondary N) is 1. The van der Waals surface area contributed by atoms with E-state index in [1.165, 1.54) is 25.7 Å². The van der Waals surface area contributed by atoms with E-state index in [1.54, 1.807) is 0 Å². The molecule has 0 aliphatic heterocycles. The molecule has 1 unspecified atom stereocenters. The van der Waals surface area contributed by atoms with E-state index < -0.39 is 0 Å². The minimum Gasteiger partial charge on any atom is -0.396 e. The molecular formula is C13H23N3O. The van der Waals surface area contributed by atoms with E-state index in [1.807, 2.05) is 6.92 Å². The Bertz CT molecular complexity index is 331. The van der Waals surface area contributed by atoms with Crippen LogP contribution < -0.4 is 5.32 Å². The minimum atomic E-state index is 0.240. The predicted octanol–water partition coefficient (Wildman–Crippen LogP) is 1.72. The summed E-state index contributed by atoms with van der Waals surface area (Å²) in [6.07, 6.45) is 7.33. The number of nitrogens with zero attached hydrogens (tertiary/aromatic N) is 2. The lowest BCUT2D eigenvalue weighted by molar-refractivity contribution is 0.233. The van der Waals surface area contributed by atoms with E-state index in [0.717, 1.165) is 18.8 Å². The molecule has 0 radical (unpaired) electrons. The molecule has 4 heteroatoms. The van der Waals surface area contributed by atoms with Gasteiger partial charge in [-0.25, -0.2) is 0 Å². The number of rotatable bonds is 6. The van der Waals surface area contributed by atoms with Gasteiger partial charge in [-0.3, -0.25) is 4.68 Å². The van der Waals surface area contributed by atoms with Gasteiger partial charge in [0.2, 0.25) is 0 Å². The first kappa shape index (κ1) is 12.6.